The predicted molar refractivity (Wildman–Crippen MR) is 113 cm³/mol. The van der Waals surface area contributed by atoms with Crippen molar-refractivity contribution in [2.75, 3.05) is 5.32 Å². The number of rotatable bonds is 4. The Hall–Kier alpha value is -2.93. The second kappa shape index (κ2) is 7.59. The van der Waals surface area contributed by atoms with Gasteiger partial charge in [0.2, 0.25) is 5.91 Å². The fraction of sp³-hybridized carbons (Fsp3) is 0.238. The SMILES string of the molecule is CC[C@H](SC1=Nc2ccccc2C2=N[C@@H](C)C(=O)N12)C(=O)Nc1ccccc1. The normalized spacial score (nSPS) is 18.7. The molecule has 2 aromatic carbocycles. The molecule has 7 heteroatoms. The number of hydrogen-bond donors (Lipinski definition) is 1. The summed E-state index contributed by atoms with van der Waals surface area (Å²) in [6, 6.07) is 16.5. The summed E-state index contributed by atoms with van der Waals surface area (Å²) in [5.74, 6) is 0.386. The monoisotopic (exact) mass is 392 g/mol. The molecule has 2 amide bonds. The van der Waals surface area contributed by atoms with Crippen LogP contribution < -0.4 is 5.32 Å². The van der Waals surface area contributed by atoms with Gasteiger partial charge in [-0.05, 0) is 37.6 Å². The lowest BCUT2D eigenvalue weighted by Crippen LogP contribution is -2.42. The van der Waals surface area contributed by atoms with E-state index in [1.807, 2.05) is 61.5 Å². The van der Waals surface area contributed by atoms with Crippen LogP contribution in [0.2, 0.25) is 0 Å². The molecule has 0 spiro atoms. The van der Waals surface area contributed by atoms with E-state index in [2.05, 4.69) is 15.3 Å². The van der Waals surface area contributed by atoms with Gasteiger partial charge in [-0.3, -0.25) is 14.6 Å². The number of thioether (sulfide) groups is 1. The summed E-state index contributed by atoms with van der Waals surface area (Å²) < 4.78 is 0. The Labute approximate surface area is 167 Å². The van der Waals surface area contributed by atoms with Crippen LogP contribution in [0, 0.1) is 0 Å². The first-order chi connectivity index (χ1) is 13.6. The van der Waals surface area contributed by atoms with E-state index >= 15 is 0 Å². The number of carbonyl (C=O) groups is 2. The molecule has 0 unspecified atom stereocenters. The van der Waals surface area contributed by atoms with Gasteiger partial charge in [0.1, 0.15) is 11.9 Å². The first kappa shape index (κ1) is 18.4. The van der Waals surface area contributed by atoms with Crippen LogP contribution in [0.25, 0.3) is 0 Å². The van der Waals surface area contributed by atoms with Crippen molar-refractivity contribution in [1.82, 2.24) is 4.90 Å². The Morgan fingerprint density at radius 2 is 1.89 bits per heavy atom. The second-order valence-corrected chi connectivity index (χ2v) is 7.75. The van der Waals surface area contributed by atoms with Crippen LogP contribution in [0.15, 0.2) is 64.6 Å². The molecule has 0 fully saturated rings. The summed E-state index contributed by atoms with van der Waals surface area (Å²) in [4.78, 5) is 36.2. The lowest BCUT2D eigenvalue weighted by Gasteiger charge is -2.27. The van der Waals surface area contributed by atoms with E-state index in [-0.39, 0.29) is 17.1 Å². The maximum absolute atomic E-state index is 12.8. The Kier molecular flexibility index (Phi) is 5.00. The predicted octanol–water partition coefficient (Wildman–Crippen LogP) is 3.82. The highest BCUT2D eigenvalue weighted by atomic mass is 32.2. The fourth-order valence-electron chi connectivity index (χ4n) is 3.15. The highest BCUT2D eigenvalue weighted by Gasteiger charge is 2.40. The van der Waals surface area contributed by atoms with E-state index in [1.54, 1.807) is 11.8 Å². The van der Waals surface area contributed by atoms with Crippen LogP contribution in [0.4, 0.5) is 11.4 Å². The number of anilines is 1. The number of benzene rings is 2. The van der Waals surface area contributed by atoms with Gasteiger partial charge < -0.3 is 5.32 Å². The molecule has 2 aliphatic rings. The highest BCUT2D eigenvalue weighted by Crippen LogP contribution is 2.35. The molecule has 1 N–H and O–H groups in total. The molecule has 6 nitrogen and oxygen atoms in total. The minimum Gasteiger partial charge on any atom is -0.325 e. The molecule has 0 saturated heterocycles. The Morgan fingerprint density at radius 1 is 1.18 bits per heavy atom. The number of hydrogen-bond acceptors (Lipinski definition) is 5. The summed E-state index contributed by atoms with van der Waals surface area (Å²) in [7, 11) is 0. The zero-order valence-corrected chi connectivity index (χ0v) is 16.4. The van der Waals surface area contributed by atoms with Crippen molar-refractivity contribution in [3.05, 3.63) is 60.2 Å². The molecule has 0 radical (unpaired) electrons. The van der Waals surface area contributed by atoms with Crippen LogP contribution in [0.3, 0.4) is 0 Å². The van der Waals surface area contributed by atoms with Gasteiger partial charge in [-0.2, -0.15) is 0 Å². The van der Waals surface area contributed by atoms with E-state index in [1.165, 1.54) is 11.8 Å². The number of nitrogens with one attached hydrogen (secondary N) is 1. The number of nitrogens with zero attached hydrogens (tertiary/aromatic N) is 3. The molecule has 0 aliphatic carbocycles. The molecule has 0 aromatic heterocycles. The summed E-state index contributed by atoms with van der Waals surface area (Å²) in [5.41, 5.74) is 2.35. The van der Waals surface area contributed by atoms with Gasteiger partial charge in [0.25, 0.3) is 5.91 Å². The molecular formula is C21H20N4O2S. The van der Waals surface area contributed by atoms with Crippen molar-refractivity contribution in [1.29, 1.82) is 0 Å². The van der Waals surface area contributed by atoms with E-state index in [9.17, 15) is 9.59 Å². The van der Waals surface area contributed by atoms with Crippen molar-refractivity contribution < 1.29 is 9.59 Å². The minimum atomic E-state index is -0.454. The van der Waals surface area contributed by atoms with Crippen LogP contribution in [-0.4, -0.2) is 39.0 Å². The minimum absolute atomic E-state index is 0.113. The van der Waals surface area contributed by atoms with E-state index in [0.29, 0.717) is 17.4 Å². The Morgan fingerprint density at radius 3 is 2.64 bits per heavy atom. The summed E-state index contributed by atoms with van der Waals surface area (Å²) in [6.07, 6.45) is 0.605. The van der Waals surface area contributed by atoms with Crippen LogP contribution in [0.5, 0.6) is 0 Å². The molecular weight excluding hydrogens is 372 g/mol. The maximum Gasteiger partial charge on any atom is 0.258 e. The summed E-state index contributed by atoms with van der Waals surface area (Å²) in [5, 5.41) is 3.05. The van der Waals surface area contributed by atoms with Crippen molar-refractivity contribution in [3.8, 4) is 0 Å². The Balaban J connectivity index is 1.62. The van der Waals surface area contributed by atoms with Crippen LogP contribution in [0.1, 0.15) is 25.8 Å². The molecule has 0 saturated carbocycles. The molecule has 4 rings (SSSR count). The highest BCUT2D eigenvalue weighted by molar-refractivity contribution is 8.15. The van der Waals surface area contributed by atoms with Gasteiger partial charge in [0.15, 0.2) is 5.17 Å². The van der Waals surface area contributed by atoms with Crippen molar-refractivity contribution >= 4 is 46.0 Å². The molecule has 0 bridgehead atoms. The second-order valence-electron chi connectivity index (χ2n) is 6.58. The molecule has 2 atom stereocenters. The quantitative estimate of drug-likeness (QED) is 0.860. The third-order valence-corrected chi connectivity index (χ3v) is 5.93. The van der Waals surface area contributed by atoms with Crippen molar-refractivity contribution in [2.45, 2.75) is 31.6 Å². The zero-order chi connectivity index (χ0) is 19.7. The fourth-order valence-corrected chi connectivity index (χ4v) is 4.17. The van der Waals surface area contributed by atoms with Crippen LogP contribution >= 0.6 is 11.8 Å². The first-order valence-corrected chi connectivity index (χ1v) is 10.1. The first-order valence-electron chi connectivity index (χ1n) is 9.21. The third kappa shape index (κ3) is 3.33. The number of fused-ring (bicyclic) bond motifs is 3. The summed E-state index contributed by atoms with van der Waals surface area (Å²) >= 11 is 1.30. The molecule has 2 aromatic rings. The van der Waals surface area contributed by atoms with Crippen LogP contribution in [-0.2, 0) is 9.59 Å². The van der Waals surface area contributed by atoms with Crippen molar-refractivity contribution in [3.63, 3.8) is 0 Å². The molecule has 142 valence electrons. The third-order valence-electron chi connectivity index (χ3n) is 4.61. The smallest absolute Gasteiger partial charge is 0.258 e. The van der Waals surface area contributed by atoms with E-state index < -0.39 is 6.04 Å². The van der Waals surface area contributed by atoms with Gasteiger partial charge in [-0.25, -0.2) is 9.89 Å². The number of aliphatic imine (C=N–C) groups is 2. The number of amides is 2. The molecule has 2 aliphatic heterocycles. The van der Waals surface area contributed by atoms with Gasteiger partial charge >= 0.3 is 0 Å². The lowest BCUT2D eigenvalue weighted by molar-refractivity contribution is -0.124. The maximum atomic E-state index is 12.8. The van der Waals surface area contributed by atoms with Gasteiger partial charge in [-0.15, -0.1) is 0 Å². The molecule has 28 heavy (non-hydrogen) atoms. The van der Waals surface area contributed by atoms with E-state index in [4.69, 9.17) is 0 Å². The van der Waals surface area contributed by atoms with Gasteiger partial charge in [0, 0.05) is 11.3 Å². The lowest BCUT2D eigenvalue weighted by atomic mass is 10.1. The van der Waals surface area contributed by atoms with E-state index in [0.717, 1.165) is 16.9 Å². The largest absolute Gasteiger partial charge is 0.325 e. The molecule has 2 heterocycles. The topological polar surface area (TPSA) is 74.1 Å². The average molecular weight is 392 g/mol. The van der Waals surface area contributed by atoms with Gasteiger partial charge in [-0.1, -0.05) is 49.0 Å². The standard InChI is InChI=1S/C21H20N4O2S/c1-3-17(19(26)23-14-9-5-4-6-10-14)28-21-24-16-12-8-7-11-15(16)18-22-13(2)20(27)25(18)21/h4-13,17H,3H2,1-2H3,(H,23,26)/t13-,17-/m0/s1. The van der Waals surface area contributed by atoms with Crippen molar-refractivity contribution in [2.24, 2.45) is 9.98 Å². The number of para-hydroxylation sites is 2. The van der Waals surface area contributed by atoms with Gasteiger partial charge in [0.05, 0.1) is 10.9 Å². The number of carbonyl (C=O) groups excluding carboxylic acids is 2. The zero-order valence-electron chi connectivity index (χ0n) is 15.6. The average Bonchev–Trinajstić information content (AvgIpc) is 3.02. The Bertz CT molecular complexity index is 987. The number of amidine groups is 2. The summed E-state index contributed by atoms with van der Waals surface area (Å²) in [6.45, 7) is 3.72.